The van der Waals surface area contributed by atoms with Crippen molar-refractivity contribution in [1.29, 1.82) is 0 Å². The molecule has 0 N–H and O–H groups in total. The van der Waals surface area contributed by atoms with E-state index in [1.54, 1.807) is 6.07 Å². The third-order valence-corrected chi connectivity index (χ3v) is 4.75. The molecule has 0 heterocycles. The summed E-state index contributed by atoms with van der Waals surface area (Å²) in [6.07, 6.45) is 4.28. The monoisotopic (exact) mass is 304 g/mol. The molecule has 2 rings (SSSR count). The van der Waals surface area contributed by atoms with Gasteiger partial charge in [-0.3, -0.25) is 0 Å². The zero-order valence-electron chi connectivity index (χ0n) is 9.27. The summed E-state index contributed by atoms with van der Waals surface area (Å²) in [7, 11) is 0. The molecule has 0 atom stereocenters. The smallest absolute Gasteiger partial charge is 0.128 e. The fraction of sp³-hybridized carbons (Fsp3) is 0.538. The molecule has 0 amide bonds. The minimum atomic E-state index is -0.164. The molecule has 1 aromatic carbocycles. The number of hydrogen-bond acceptors (Lipinski definition) is 0. The van der Waals surface area contributed by atoms with Gasteiger partial charge >= 0.3 is 0 Å². The van der Waals surface area contributed by atoms with Gasteiger partial charge in [-0.1, -0.05) is 40.5 Å². The lowest BCUT2D eigenvalue weighted by Gasteiger charge is -2.36. The normalized spacial score (nSPS) is 30.4. The summed E-state index contributed by atoms with van der Waals surface area (Å²) in [4.78, 5) is 0.593. The van der Waals surface area contributed by atoms with Crippen LogP contribution in [0.1, 0.15) is 38.2 Å². The second-order valence-corrected chi connectivity index (χ2v) is 6.59. The Morgan fingerprint density at radius 2 is 2.00 bits per heavy atom. The van der Waals surface area contributed by atoms with Gasteiger partial charge in [0, 0.05) is 9.85 Å². The highest BCUT2D eigenvalue weighted by molar-refractivity contribution is 9.09. The van der Waals surface area contributed by atoms with E-state index >= 15 is 0 Å². The summed E-state index contributed by atoms with van der Waals surface area (Å²) >= 11 is 9.40. The van der Waals surface area contributed by atoms with Gasteiger partial charge < -0.3 is 0 Å². The Kier molecular flexibility index (Phi) is 3.60. The minimum absolute atomic E-state index is 0.0288. The minimum Gasteiger partial charge on any atom is -0.207 e. The highest BCUT2D eigenvalue weighted by Crippen LogP contribution is 2.42. The summed E-state index contributed by atoms with van der Waals surface area (Å²) in [5, 5.41) is 0.471. The molecule has 88 valence electrons. The van der Waals surface area contributed by atoms with Gasteiger partial charge in [-0.25, -0.2) is 4.39 Å². The van der Waals surface area contributed by atoms with E-state index in [-0.39, 0.29) is 11.2 Å². The van der Waals surface area contributed by atoms with E-state index in [2.05, 4.69) is 22.9 Å². The van der Waals surface area contributed by atoms with Gasteiger partial charge in [0.1, 0.15) is 5.82 Å². The highest BCUT2D eigenvalue weighted by Gasteiger charge is 2.33. The largest absolute Gasteiger partial charge is 0.207 e. The zero-order chi connectivity index (χ0) is 11.8. The van der Waals surface area contributed by atoms with Crippen molar-refractivity contribution in [2.24, 2.45) is 0 Å². The van der Waals surface area contributed by atoms with Crippen LogP contribution in [0.2, 0.25) is 5.02 Å². The average molecular weight is 306 g/mol. The van der Waals surface area contributed by atoms with E-state index in [9.17, 15) is 4.39 Å². The maximum atomic E-state index is 13.9. The molecule has 3 heteroatoms. The molecule has 1 aliphatic rings. The van der Waals surface area contributed by atoms with Crippen molar-refractivity contribution in [2.75, 3.05) is 0 Å². The van der Waals surface area contributed by atoms with Crippen LogP contribution in [0.25, 0.3) is 0 Å². The molecular weight excluding hydrogens is 290 g/mol. The summed E-state index contributed by atoms with van der Waals surface area (Å²) in [5.74, 6) is -0.164. The molecule has 1 aromatic rings. The number of rotatable bonds is 1. The summed E-state index contributed by atoms with van der Waals surface area (Å²) in [6, 6.07) is 5.04. The second kappa shape index (κ2) is 4.66. The average Bonchev–Trinajstić information content (AvgIpc) is 2.22. The maximum Gasteiger partial charge on any atom is 0.128 e. The Hall–Kier alpha value is -0.0800. The van der Waals surface area contributed by atoms with Crippen LogP contribution < -0.4 is 0 Å². The van der Waals surface area contributed by atoms with E-state index in [1.807, 2.05) is 6.07 Å². The Morgan fingerprint density at radius 3 is 2.56 bits per heavy atom. The predicted octanol–water partition coefficient (Wildman–Crippen LogP) is 5.07. The second-order valence-electron chi connectivity index (χ2n) is 4.86. The lowest BCUT2D eigenvalue weighted by molar-refractivity contribution is 0.317. The molecule has 0 aliphatic heterocycles. The van der Waals surface area contributed by atoms with E-state index < -0.39 is 0 Å². The van der Waals surface area contributed by atoms with Crippen LogP contribution in [0.3, 0.4) is 0 Å². The summed E-state index contributed by atoms with van der Waals surface area (Å²) in [6.45, 7) is 2.15. The standard InChI is InChI=1S/C13H15BrClF/c1-13(6-4-9(14)5-7-13)11-3-2-10(15)8-12(11)16/h2-3,8-9H,4-7H2,1H3. The van der Waals surface area contributed by atoms with Crippen molar-refractivity contribution >= 4 is 27.5 Å². The molecule has 1 aliphatic carbocycles. The molecule has 0 nitrogen and oxygen atoms in total. The van der Waals surface area contributed by atoms with Gasteiger partial charge in [0.25, 0.3) is 0 Å². The van der Waals surface area contributed by atoms with Crippen LogP contribution in [0.5, 0.6) is 0 Å². The number of halogens is 3. The van der Waals surface area contributed by atoms with Gasteiger partial charge in [0.05, 0.1) is 0 Å². The maximum absolute atomic E-state index is 13.9. The van der Waals surface area contributed by atoms with E-state index in [4.69, 9.17) is 11.6 Å². The summed E-state index contributed by atoms with van der Waals surface area (Å²) < 4.78 is 13.9. The first-order valence-electron chi connectivity index (χ1n) is 5.61. The Balaban J connectivity index is 2.29. The van der Waals surface area contributed by atoms with Crippen LogP contribution in [0.4, 0.5) is 4.39 Å². The topological polar surface area (TPSA) is 0 Å². The third kappa shape index (κ3) is 2.43. The third-order valence-electron chi connectivity index (χ3n) is 3.60. The van der Waals surface area contributed by atoms with Gasteiger partial charge in [-0.2, -0.15) is 0 Å². The van der Waals surface area contributed by atoms with Gasteiger partial charge in [-0.15, -0.1) is 0 Å². The van der Waals surface area contributed by atoms with Crippen LogP contribution in [-0.2, 0) is 5.41 Å². The van der Waals surface area contributed by atoms with E-state index in [0.717, 1.165) is 31.2 Å². The van der Waals surface area contributed by atoms with Crippen molar-refractivity contribution in [1.82, 2.24) is 0 Å². The summed E-state index contributed by atoms with van der Waals surface area (Å²) in [5.41, 5.74) is 0.787. The molecule has 0 bridgehead atoms. The predicted molar refractivity (Wildman–Crippen MR) is 69.9 cm³/mol. The number of alkyl halides is 1. The highest BCUT2D eigenvalue weighted by atomic mass is 79.9. The van der Waals surface area contributed by atoms with Gasteiger partial charge in [0.2, 0.25) is 0 Å². The lowest BCUT2D eigenvalue weighted by Crippen LogP contribution is -2.29. The van der Waals surface area contributed by atoms with Crippen LogP contribution in [0.15, 0.2) is 18.2 Å². The zero-order valence-corrected chi connectivity index (χ0v) is 11.6. The molecule has 0 unspecified atom stereocenters. The van der Waals surface area contributed by atoms with Crippen molar-refractivity contribution in [3.8, 4) is 0 Å². The molecule has 0 aromatic heterocycles. The Morgan fingerprint density at radius 1 is 1.38 bits per heavy atom. The van der Waals surface area contributed by atoms with Crippen molar-refractivity contribution in [3.63, 3.8) is 0 Å². The van der Waals surface area contributed by atoms with Crippen LogP contribution in [-0.4, -0.2) is 4.83 Å². The quantitative estimate of drug-likeness (QED) is 0.635. The van der Waals surface area contributed by atoms with Crippen molar-refractivity contribution < 1.29 is 4.39 Å². The van der Waals surface area contributed by atoms with Crippen molar-refractivity contribution in [2.45, 2.75) is 42.8 Å². The molecule has 0 radical (unpaired) electrons. The number of hydrogen-bond donors (Lipinski definition) is 0. The van der Waals surface area contributed by atoms with Crippen molar-refractivity contribution in [3.05, 3.63) is 34.6 Å². The van der Waals surface area contributed by atoms with E-state index in [1.165, 1.54) is 6.07 Å². The number of benzene rings is 1. The van der Waals surface area contributed by atoms with Crippen LogP contribution >= 0.6 is 27.5 Å². The first kappa shape index (κ1) is 12.4. The first-order valence-corrected chi connectivity index (χ1v) is 6.90. The first-order chi connectivity index (χ1) is 7.51. The molecule has 16 heavy (non-hydrogen) atoms. The molecule has 1 fully saturated rings. The molecule has 0 spiro atoms. The van der Waals surface area contributed by atoms with Gasteiger partial charge in [-0.05, 0) is 48.8 Å². The fourth-order valence-corrected chi connectivity index (χ4v) is 3.08. The van der Waals surface area contributed by atoms with Gasteiger partial charge in [0.15, 0.2) is 0 Å². The molecule has 1 saturated carbocycles. The SMILES string of the molecule is CC1(c2ccc(Cl)cc2F)CCC(Br)CC1. The fourth-order valence-electron chi connectivity index (χ4n) is 2.47. The van der Waals surface area contributed by atoms with Crippen LogP contribution in [0, 0.1) is 5.82 Å². The molecule has 0 saturated heterocycles. The van der Waals surface area contributed by atoms with E-state index in [0.29, 0.717) is 9.85 Å². The Labute approximate surface area is 109 Å². The Bertz CT molecular complexity index is 384. The lowest BCUT2D eigenvalue weighted by atomic mass is 9.71. The molecular formula is C13H15BrClF.